The van der Waals surface area contributed by atoms with E-state index < -0.39 is 15.9 Å². The summed E-state index contributed by atoms with van der Waals surface area (Å²) in [5.41, 5.74) is 0.797. The van der Waals surface area contributed by atoms with Crippen LogP contribution in [0.25, 0.3) is 0 Å². The molecule has 2 rings (SSSR count). The maximum Gasteiger partial charge on any atom is 0.246 e. The zero-order chi connectivity index (χ0) is 16.2. The van der Waals surface area contributed by atoms with Crippen molar-refractivity contribution >= 4 is 27.5 Å². The molecule has 0 aromatic heterocycles. The van der Waals surface area contributed by atoms with Gasteiger partial charge in [-0.05, 0) is 19.1 Å². The summed E-state index contributed by atoms with van der Waals surface area (Å²) in [6.07, 6.45) is 0. The minimum absolute atomic E-state index is 0.0401. The van der Waals surface area contributed by atoms with Gasteiger partial charge in [-0.15, -0.1) is 0 Å². The molecule has 1 N–H and O–H groups in total. The van der Waals surface area contributed by atoms with E-state index in [4.69, 9.17) is 0 Å². The molecule has 1 aliphatic rings. The van der Waals surface area contributed by atoms with Crippen LogP contribution in [0.5, 0.6) is 0 Å². The van der Waals surface area contributed by atoms with Crippen LogP contribution in [0.3, 0.4) is 0 Å². The first kappa shape index (κ1) is 16.4. The number of piperazine rings is 1. The molecule has 1 saturated heterocycles. The maximum absolute atomic E-state index is 12.2. The standard InChI is InChI=1S/C14H19N3O4S/c1-2-22(20,21)15-10-13(18)16-8-9-17(14(19)11-16)12-6-4-3-5-7-12/h3-7,15H,2,8-11H2,1H3. The van der Waals surface area contributed by atoms with Crippen LogP contribution >= 0.6 is 0 Å². The average Bonchev–Trinajstić information content (AvgIpc) is 2.53. The normalized spacial score (nSPS) is 16.0. The predicted molar refractivity (Wildman–Crippen MR) is 82.8 cm³/mol. The monoisotopic (exact) mass is 325 g/mol. The fourth-order valence-electron chi connectivity index (χ4n) is 2.15. The largest absolute Gasteiger partial charge is 0.330 e. The van der Waals surface area contributed by atoms with E-state index in [1.165, 1.54) is 11.8 Å². The van der Waals surface area contributed by atoms with Crippen LogP contribution in [-0.4, -0.2) is 57.1 Å². The van der Waals surface area contributed by atoms with Crippen molar-refractivity contribution in [2.75, 3.05) is 36.8 Å². The van der Waals surface area contributed by atoms with Gasteiger partial charge < -0.3 is 9.80 Å². The lowest BCUT2D eigenvalue weighted by atomic mass is 10.2. The number of para-hydroxylation sites is 1. The van der Waals surface area contributed by atoms with E-state index in [1.807, 2.05) is 30.3 Å². The molecule has 7 nitrogen and oxygen atoms in total. The van der Waals surface area contributed by atoms with Crippen molar-refractivity contribution in [3.8, 4) is 0 Å². The second kappa shape index (κ2) is 6.89. The fraction of sp³-hybridized carbons (Fsp3) is 0.429. The molecule has 120 valence electrons. The highest BCUT2D eigenvalue weighted by Crippen LogP contribution is 2.16. The van der Waals surface area contributed by atoms with Crippen LogP contribution in [0.1, 0.15) is 6.92 Å². The zero-order valence-corrected chi connectivity index (χ0v) is 13.2. The van der Waals surface area contributed by atoms with Gasteiger partial charge in [0.1, 0.15) is 6.54 Å². The third-order valence-corrected chi connectivity index (χ3v) is 4.81. The molecule has 0 saturated carbocycles. The fourth-order valence-corrected chi connectivity index (χ4v) is 2.70. The zero-order valence-electron chi connectivity index (χ0n) is 12.4. The molecule has 1 heterocycles. The highest BCUT2D eigenvalue weighted by atomic mass is 32.2. The Morgan fingerprint density at radius 1 is 1.23 bits per heavy atom. The Bertz CT molecular complexity index is 645. The number of hydrogen-bond acceptors (Lipinski definition) is 4. The Labute approximate surface area is 129 Å². The van der Waals surface area contributed by atoms with Gasteiger partial charge in [0.25, 0.3) is 0 Å². The van der Waals surface area contributed by atoms with Crippen molar-refractivity contribution < 1.29 is 18.0 Å². The van der Waals surface area contributed by atoms with Gasteiger partial charge in [0.2, 0.25) is 21.8 Å². The lowest BCUT2D eigenvalue weighted by Crippen LogP contribution is -2.54. The molecule has 0 radical (unpaired) electrons. The van der Waals surface area contributed by atoms with Gasteiger partial charge in [0.05, 0.1) is 12.3 Å². The van der Waals surface area contributed by atoms with E-state index in [9.17, 15) is 18.0 Å². The van der Waals surface area contributed by atoms with Gasteiger partial charge in [-0.1, -0.05) is 18.2 Å². The summed E-state index contributed by atoms with van der Waals surface area (Å²) in [6.45, 7) is 1.92. The van der Waals surface area contributed by atoms with Gasteiger partial charge in [0.15, 0.2) is 0 Å². The van der Waals surface area contributed by atoms with Crippen molar-refractivity contribution in [2.45, 2.75) is 6.92 Å². The highest BCUT2D eigenvalue weighted by molar-refractivity contribution is 7.89. The first-order valence-corrected chi connectivity index (χ1v) is 8.68. The molecule has 0 atom stereocenters. The molecule has 0 aliphatic carbocycles. The third-order valence-electron chi connectivity index (χ3n) is 3.46. The Hall–Kier alpha value is -1.93. The summed E-state index contributed by atoms with van der Waals surface area (Å²) in [7, 11) is -3.41. The summed E-state index contributed by atoms with van der Waals surface area (Å²) < 4.78 is 24.9. The predicted octanol–water partition coefficient (Wildman–Crippen LogP) is -0.199. The molecule has 0 unspecified atom stereocenters. The molecule has 2 amide bonds. The number of benzene rings is 1. The number of carbonyl (C=O) groups is 2. The number of anilines is 1. The van der Waals surface area contributed by atoms with E-state index in [-0.39, 0.29) is 24.7 Å². The Morgan fingerprint density at radius 2 is 1.91 bits per heavy atom. The third kappa shape index (κ3) is 4.05. The lowest BCUT2D eigenvalue weighted by molar-refractivity contribution is -0.135. The number of carbonyl (C=O) groups excluding carboxylic acids is 2. The van der Waals surface area contributed by atoms with Crippen LogP contribution in [0.15, 0.2) is 30.3 Å². The van der Waals surface area contributed by atoms with Crippen LogP contribution in [0.2, 0.25) is 0 Å². The minimum Gasteiger partial charge on any atom is -0.330 e. The summed E-state index contributed by atoms with van der Waals surface area (Å²) in [4.78, 5) is 27.1. The molecule has 1 aliphatic heterocycles. The highest BCUT2D eigenvalue weighted by Gasteiger charge is 2.28. The van der Waals surface area contributed by atoms with Crippen LogP contribution < -0.4 is 9.62 Å². The number of nitrogens with zero attached hydrogens (tertiary/aromatic N) is 2. The molecule has 1 aromatic rings. The first-order valence-electron chi connectivity index (χ1n) is 7.03. The second-order valence-corrected chi connectivity index (χ2v) is 7.02. The number of sulfonamides is 1. The summed E-state index contributed by atoms with van der Waals surface area (Å²) >= 11 is 0. The first-order chi connectivity index (χ1) is 10.4. The topological polar surface area (TPSA) is 86.8 Å². The quantitative estimate of drug-likeness (QED) is 0.812. The van der Waals surface area contributed by atoms with Crippen molar-refractivity contribution in [2.24, 2.45) is 0 Å². The van der Waals surface area contributed by atoms with E-state index in [0.717, 1.165) is 5.69 Å². The van der Waals surface area contributed by atoms with Gasteiger partial charge in [-0.3, -0.25) is 9.59 Å². The van der Waals surface area contributed by atoms with Crippen LogP contribution in [-0.2, 0) is 19.6 Å². The number of hydrogen-bond donors (Lipinski definition) is 1. The SMILES string of the molecule is CCS(=O)(=O)NCC(=O)N1CCN(c2ccccc2)C(=O)C1. The van der Waals surface area contributed by atoms with Gasteiger partial charge in [-0.2, -0.15) is 0 Å². The molecule has 8 heteroatoms. The number of nitrogens with one attached hydrogen (secondary N) is 1. The Morgan fingerprint density at radius 3 is 2.50 bits per heavy atom. The smallest absolute Gasteiger partial charge is 0.246 e. The molecule has 0 bridgehead atoms. The van der Waals surface area contributed by atoms with E-state index in [0.29, 0.717) is 13.1 Å². The van der Waals surface area contributed by atoms with Crippen LogP contribution in [0, 0.1) is 0 Å². The van der Waals surface area contributed by atoms with E-state index in [2.05, 4.69) is 4.72 Å². The summed E-state index contributed by atoms with van der Waals surface area (Å²) in [5.74, 6) is -0.650. The molecular formula is C14H19N3O4S. The van der Waals surface area contributed by atoms with Crippen molar-refractivity contribution in [3.05, 3.63) is 30.3 Å². The minimum atomic E-state index is -3.41. The van der Waals surface area contributed by atoms with Crippen molar-refractivity contribution in [1.82, 2.24) is 9.62 Å². The Kier molecular flexibility index (Phi) is 5.15. The molecular weight excluding hydrogens is 306 g/mol. The van der Waals surface area contributed by atoms with Gasteiger partial charge in [0, 0.05) is 18.8 Å². The molecule has 1 aromatic carbocycles. The van der Waals surface area contributed by atoms with Crippen molar-refractivity contribution in [3.63, 3.8) is 0 Å². The van der Waals surface area contributed by atoms with Gasteiger partial charge in [-0.25, -0.2) is 13.1 Å². The molecule has 0 spiro atoms. The summed E-state index contributed by atoms with van der Waals surface area (Å²) in [6, 6.07) is 9.24. The van der Waals surface area contributed by atoms with E-state index >= 15 is 0 Å². The maximum atomic E-state index is 12.2. The molecule has 22 heavy (non-hydrogen) atoms. The second-order valence-electron chi connectivity index (χ2n) is 4.92. The lowest BCUT2D eigenvalue weighted by Gasteiger charge is -2.34. The van der Waals surface area contributed by atoms with E-state index in [1.54, 1.807) is 4.90 Å². The average molecular weight is 325 g/mol. The molecule has 1 fully saturated rings. The van der Waals surface area contributed by atoms with Gasteiger partial charge >= 0.3 is 0 Å². The van der Waals surface area contributed by atoms with Crippen molar-refractivity contribution in [1.29, 1.82) is 0 Å². The van der Waals surface area contributed by atoms with Crippen LogP contribution in [0.4, 0.5) is 5.69 Å². The number of amides is 2. The number of rotatable bonds is 5. The Balaban J connectivity index is 1.93. The summed E-state index contributed by atoms with van der Waals surface area (Å²) in [5, 5.41) is 0.